The number of esters is 1. The zero-order valence-corrected chi connectivity index (χ0v) is 18.9. The largest absolute Gasteiger partial charge is 0.463 e. The molecule has 168 valence electrons. The Morgan fingerprint density at radius 3 is 2.45 bits per heavy atom. The number of unbranched alkanes of at least 4 members (excludes halogenated alkanes) is 2. The summed E-state index contributed by atoms with van der Waals surface area (Å²) in [7, 11) is 0. The summed E-state index contributed by atoms with van der Waals surface area (Å²) in [4.78, 5) is 35.3. The van der Waals surface area contributed by atoms with Gasteiger partial charge in [-0.15, -0.1) is 0 Å². The van der Waals surface area contributed by atoms with Crippen molar-refractivity contribution in [2.75, 3.05) is 6.61 Å². The highest BCUT2D eigenvalue weighted by molar-refractivity contribution is 6.01. The molecule has 4 nitrogen and oxygen atoms in total. The summed E-state index contributed by atoms with van der Waals surface area (Å²) in [6.45, 7) is 8.55. The third-order valence-corrected chi connectivity index (χ3v) is 6.34. The van der Waals surface area contributed by atoms with Gasteiger partial charge in [0.05, 0.1) is 6.61 Å². The van der Waals surface area contributed by atoms with Crippen molar-refractivity contribution in [1.82, 2.24) is 0 Å². The second kappa shape index (κ2) is 13.1. The molecule has 1 saturated carbocycles. The van der Waals surface area contributed by atoms with E-state index in [0.29, 0.717) is 30.0 Å². The molecule has 0 aromatic heterocycles. The lowest BCUT2D eigenvalue weighted by Crippen LogP contribution is -2.27. The van der Waals surface area contributed by atoms with Crippen molar-refractivity contribution in [3.05, 3.63) is 0 Å². The van der Waals surface area contributed by atoms with Crippen molar-refractivity contribution >= 4 is 17.5 Å². The van der Waals surface area contributed by atoms with Crippen LogP contribution >= 0.6 is 0 Å². The van der Waals surface area contributed by atoms with Gasteiger partial charge in [-0.05, 0) is 56.8 Å². The maximum Gasteiger partial charge on any atom is 0.348 e. The van der Waals surface area contributed by atoms with Gasteiger partial charge < -0.3 is 4.74 Å². The number of alkyl halides is 1. The molecule has 0 aromatic rings. The summed E-state index contributed by atoms with van der Waals surface area (Å²) in [6.07, 6.45) is 8.71. The Bertz CT molecular complexity index is 529. The number of Topliss-reactive ketones (excluding diaryl/α,β-unsaturated/α-hetero) is 2. The standard InChI is InChI=1S/C24H41FO4/c1-5-7-16-24(3,4)17-10-11-18-14-15-20(26)19(18)12-8-9-13-21(27)22(25)23(28)29-6-2/h18-19,22H,5-17H2,1-4H3/t18-,19+,22?/m0/s1. The number of carbonyl (C=O) groups excluding carboxylic acids is 3. The number of hydrogen-bond donors (Lipinski definition) is 0. The van der Waals surface area contributed by atoms with Crippen LogP contribution in [0.5, 0.6) is 0 Å². The average molecular weight is 413 g/mol. The highest BCUT2D eigenvalue weighted by Gasteiger charge is 2.34. The molecule has 1 fully saturated rings. The van der Waals surface area contributed by atoms with Crippen LogP contribution in [0.3, 0.4) is 0 Å². The van der Waals surface area contributed by atoms with E-state index in [1.807, 2.05) is 0 Å². The van der Waals surface area contributed by atoms with E-state index in [1.54, 1.807) is 6.92 Å². The van der Waals surface area contributed by atoms with E-state index in [1.165, 1.54) is 25.7 Å². The van der Waals surface area contributed by atoms with E-state index >= 15 is 0 Å². The lowest BCUT2D eigenvalue weighted by Gasteiger charge is -2.26. The molecule has 3 atom stereocenters. The van der Waals surface area contributed by atoms with Gasteiger partial charge in [-0.25, -0.2) is 9.18 Å². The van der Waals surface area contributed by atoms with Gasteiger partial charge >= 0.3 is 5.97 Å². The number of halogens is 1. The number of rotatable bonds is 15. The van der Waals surface area contributed by atoms with Crippen molar-refractivity contribution in [3.8, 4) is 0 Å². The predicted octanol–water partition coefficient (Wildman–Crippen LogP) is 6.00. The first kappa shape index (κ1) is 25.8. The first-order valence-electron chi connectivity index (χ1n) is 11.6. The van der Waals surface area contributed by atoms with E-state index in [4.69, 9.17) is 0 Å². The zero-order valence-electron chi connectivity index (χ0n) is 18.9. The lowest BCUT2D eigenvalue weighted by atomic mass is 9.79. The van der Waals surface area contributed by atoms with Crippen LogP contribution in [-0.2, 0) is 19.1 Å². The van der Waals surface area contributed by atoms with Gasteiger partial charge in [-0.2, -0.15) is 0 Å². The van der Waals surface area contributed by atoms with Gasteiger partial charge in [0.25, 0.3) is 6.17 Å². The molecule has 0 amide bonds. The molecule has 0 aromatic carbocycles. The fourth-order valence-electron chi connectivity index (χ4n) is 4.48. The lowest BCUT2D eigenvalue weighted by molar-refractivity contribution is -0.152. The van der Waals surface area contributed by atoms with Crippen LogP contribution in [0.1, 0.15) is 105 Å². The fraction of sp³-hybridized carbons (Fsp3) is 0.875. The third kappa shape index (κ3) is 9.39. The summed E-state index contributed by atoms with van der Waals surface area (Å²) in [5.74, 6) is -0.914. The minimum absolute atomic E-state index is 0.0250. The molecule has 0 bridgehead atoms. The van der Waals surface area contributed by atoms with Crippen molar-refractivity contribution in [3.63, 3.8) is 0 Å². The van der Waals surface area contributed by atoms with E-state index in [-0.39, 0.29) is 18.9 Å². The second-order valence-corrected chi connectivity index (χ2v) is 9.36. The molecule has 1 rings (SSSR count). The molecule has 1 unspecified atom stereocenters. The highest BCUT2D eigenvalue weighted by atomic mass is 19.1. The van der Waals surface area contributed by atoms with E-state index < -0.39 is 17.9 Å². The first-order chi connectivity index (χ1) is 13.7. The Kier molecular flexibility index (Phi) is 11.7. The molecule has 0 saturated heterocycles. The van der Waals surface area contributed by atoms with Crippen molar-refractivity contribution in [1.29, 1.82) is 0 Å². The Balaban J connectivity index is 2.33. The molecule has 0 heterocycles. The maximum atomic E-state index is 13.7. The average Bonchev–Trinajstić information content (AvgIpc) is 3.02. The van der Waals surface area contributed by atoms with Crippen LogP contribution in [0.25, 0.3) is 0 Å². The Labute approximate surface area is 176 Å². The smallest absolute Gasteiger partial charge is 0.348 e. The summed E-state index contributed by atoms with van der Waals surface area (Å²) >= 11 is 0. The Hall–Kier alpha value is -1.26. The third-order valence-electron chi connectivity index (χ3n) is 6.34. The van der Waals surface area contributed by atoms with Crippen molar-refractivity contribution in [2.24, 2.45) is 17.3 Å². The van der Waals surface area contributed by atoms with Gasteiger partial charge in [0.15, 0.2) is 5.78 Å². The molecule has 1 aliphatic carbocycles. The van der Waals surface area contributed by atoms with Crippen molar-refractivity contribution in [2.45, 2.75) is 111 Å². The molecular weight excluding hydrogens is 371 g/mol. The number of hydrogen-bond acceptors (Lipinski definition) is 4. The highest BCUT2D eigenvalue weighted by Crippen LogP contribution is 2.38. The van der Waals surface area contributed by atoms with E-state index in [0.717, 1.165) is 32.1 Å². The SMILES string of the molecule is CCCCC(C)(C)CCC[C@H]1CCC(=O)[C@@H]1CCCCC(=O)C(F)C(=O)OCC. The quantitative estimate of drug-likeness (QED) is 0.188. The maximum absolute atomic E-state index is 13.7. The molecule has 0 spiro atoms. The second-order valence-electron chi connectivity index (χ2n) is 9.36. The molecular formula is C24H41FO4. The minimum Gasteiger partial charge on any atom is -0.463 e. The van der Waals surface area contributed by atoms with Crippen LogP contribution < -0.4 is 0 Å². The van der Waals surface area contributed by atoms with Crippen LogP contribution in [0.4, 0.5) is 4.39 Å². The fourth-order valence-corrected chi connectivity index (χ4v) is 4.48. The summed E-state index contributed by atoms with van der Waals surface area (Å²) in [5.41, 5.74) is 0.371. The minimum atomic E-state index is -2.17. The monoisotopic (exact) mass is 412 g/mol. The zero-order chi connectivity index (χ0) is 21.9. The van der Waals surface area contributed by atoms with E-state index in [9.17, 15) is 18.8 Å². The molecule has 0 N–H and O–H groups in total. The van der Waals surface area contributed by atoms with Gasteiger partial charge in [0.1, 0.15) is 5.78 Å². The first-order valence-corrected chi connectivity index (χ1v) is 11.6. The summed E-state index contributed by atoms with van der Waals surface area (Å²) in [5, 5.41) is 0. The van der Waals surface area contributed by atoms with Gasteiger partial charge in [0, 0.05) is 18.8 Å². The summed E-state index contributed by atoms with van der Waals surface area (Å²) < 4.78 is 18.2. The van der Waals surface area contributed by atoms with E-state index in [2.05, 4.69) is 25.5 Å². The Morgan fingerprint density at radius 2 is 1.79 bits per heavy atom. The van der Waals surface area contributed by atoms with Crippen LogP contribution in [0.2, 0.25) is 0 Å². The predicted molar refractivity (Wildman–Crippen MR) is 113 cm³/mol. The van der Waals surface area contributed by atoms with Gasteiger partial charge in [-0.1, -0.05) is 46.5 Å². The number of carbonyl (C=O) groups is 3. The molecule has 1 aliphatic rings. The van der Waals surface area contributed by atoms with Gasteiger partial charge in [0.2, 0.25) is 0 Å². The topological polar surface area (TPSA) is 60.4 Å². The molecule has 0 aliphatic heterocycles. The molecule has 0 radical (unpaired) electrons. The summed E-state index contributed by atoms with van der Waals surface area (Å²) in [6, 6.07) is 0. The van der Waals surface area contributed by atoms with Crippen molar-refractivity contribution < 1.29 is 23.5 Å². The van der Waals surface area contributed by atoms with Crippen LogP contribution in [0, 0.1) is 17.3 Å². The normalized spacial score (nSPS) is 20.7. The van der Waals surface area contributed by atoms with Crippen LogP contribution in [0.15, 0.2) is 0 Å². The molecule has 29 heavy (non-hydrogen) atoms. The Morgan fingerprint density at radius 1 is 1.10 bits per heavy atom. The molecule has 5 heteroatoms. The number of ketones is 2. The van der Waals surface area contributed by atoms with Gasteiger partial charge in [-0.3, -0.25) is 9.59 Å². The van der Waals surface area contributed by atoms with Crippen LogP contribution in [-0.4, -0.2) is 30.3 Å². The number of ether oxygens (including phenoxy) is 1.